The van der Waals surface area contributed by atoms with Crippen molar-refractivity contribution in [1.82, 2.24) is 14.8 Å². The number of carbonyl (C=O) groups is 3. The van der Waals surface area contributed by atoms with Gasteiger partial charge in [0.05, 0.1) is 29.0 Å². The van der Waals surface area contributed by atoms with Crippen LogP contribution < -0.4 is 0 Å². The number of H-pyrrole nitrogens is 1. The predicted octanol–water partition coefficient (Wildman–Crippen LogP) is 3.34. The van der Waals surface area contributed by atoms with Gasteiger partial charge in [-0.15, -0.1) is 0 Å². The number of rotatable bonds is 7. The first-order chi connectivity index (χ1) is 14.3. The lowest BCUT2D eigenvalue weighted by Crippen LogP contribution is -2.18. The van der Waals surface area contributed by atoms with Gasteiger partial charge in [-0.1, -0.05) is 0 Å². The summed E-state index contributed by atoms with van der Waals surface area (Å²) in [6, 6.07) is 8.59. The molecule has 30 heavy (non-hydrogen) atoms. The van der Waals surface area contributed by atoms with Crippen LogP contribution in [0.5, 0.6) is 0 Å². The molecule has 0 aliphatic heterocycles. The summed E-state index contributed by atoms with van der Waals surface area (Å²) in [6.45, 7) is 6.69. The Labute approximate surface area is 173 Å². The first-order valence-corrected chi connectivity index (χ1v) is 9.51. The van der Waals surface area contributed by atoms with Gasteiger partial charge in [0.15, 0.2) is 6.61 Å². The number of aromatic nitrogens is 3. The number of ketones is 1. The van der Waals surface area contributed by atoms with Crippen LogP contribution in [0.4, 0.5) is 0 Å². The number of carbonyl (C=O) groups excluding carboxylic acids is 3. The summed E-state index contributed by atoms with van der Waals surface area (Å²) in [7, 11) is 0. The molecule has 2 aromatic heterocycles. The number of ether oxygens (including phenoxy) is 2. The van der Waals surface area contributed by atoms with Gasteiger partial charge in [0.2, 0.25) is 5.78 Å². The maximum atomic E-state index is 12.7. The molecule has 8 heteroatoms. The van der Waals surface area contributed by atoms with Gasteiger partial charge in [0.1, 0.15) is 0 Å². The van der Waals surface area contributed by atoms with E-state index in [1.165, 1.54) is 0 Å². The van der Waals surface area contributed by atoms with Crippen molar-refractivity contribution in [3.8, 4) is 5.69 Å². The second kappa shape index (κ2) is 8.77. The van der Waals surface area contributed by atoms with Gasteiger partial charge in [-0.05, 0) is 58.0 Å². The minimum atomic E-state index is -0.630. The molecule has 0 atom stereocenters. The van der Waals surface area contributed by atoms with Crippen LogP contribution in [0.2, 0.25) is 0 Å². The first-order valence-electron chi connectivity index (χ1n) is 9.51. The van der Waals surface area contributed by atoms with Crippen LogP contribution in [0.1, 0.15) is 55.1 Å². The molecule has 0 aliphatic rings. The molecule has 0 unspecified atom stereocenters. The van der Waals surface area contributed by atoms with Gasteiger partial charge in [-0.2, -0.15) is 5.10 Å². The van der Waals surface area contributed by atoms with Gasteiger partial charge in [-0.3, -0.25) is 4.79 Å². The number of nitrogens with zero attached hydrogens (tertiary/aromatic N) is 2. The van der Waals surface area contributed by atoms with Crippen molar-refractivity contribution >= 4 is 17.7 Å². The molecule has 156 valence electrons. The second-order valence-corrected chi connectivity index (χ2v) is 6.78. The van der Waals surface area contributed by atoms with E-state index in [0.717, 1.165) is 11.4 Å². The minimum absolute atomic E-state index is 0.175. The molecule has 0 aliphatic carbocycles. The van der Waals surface area contributed by atoms with Crippen molar-refractivity contribution in [2.75, 3.05) is 13.2 Å². The molecule has 8 nitrogen and oxygen atoms in total. The van der Waals surface area contributed by atoms with Crippen LogP contribution in [-0.2, 0) is 9.47 Å². The van der Waals surface area contributed by atoms with E-state index in [1.54, 1.807) is 55.9 Å². The van der Waals surface area contributed by atoms with E-state index in [2.05, 4.69) is 10.1 Å². The van der Waals surface area contributed by atoms with Crippen molar-refractivity contribution < 1.29 is 23.9 Å². The third kappa shape index (κ3) is 4.17. The van der Waals surface area contributed by atoms with Crippen molar-refractivity contribution in [1.29, 1.82) is 0 Å². The number of nitrogens with one attached hydrogen (secondary N) is 1. The third-order valence-electron chi connectivity index (χ3n) is 4.65. The zero-order valence-corrected chi connectivity index (χ0v) is 17.3. The van der Waals surface area contributed by atoms with Crippen molar-refractivity contribution in [2.45, 2.75) is 27.7 Å². The Hall–Kier alpha value is -3.68. The summed E-state index contributed by atoms with van der Waals surface area (Å²) in [5.41, 5.74) is 3.50. The van der Waals surface area contributed by atoms with E-state index in [9.17, 15) is 14.4 Å². The summed E-state index contributed by atoms with van der Waals surface area (Å²) in [6.07, 6.45) is 1.69. The lowest BCUT2D eigenvalue weighted by molar-refractivity contribution is 0.0472. The summed E-state index contributed by atoms with van der Waals surface area (Å²) < 4.78 is 12.0. The highest BCUT2D eigenvalue weighted by molar-refractivity contribution is 6.09. The first kappa shape index (κ1) is 21.0. The van der Waals surface area contributed by atoms with Gasteiger partial charge in [0, 0.05) is 23.3 Å². The molecule has 3 aromatic rings. The maximum absolute atomic E-state index is 12.7. The molecule has 1 aromatic carbocycles. The van der Waals surface area contributed by atoms with E-state index in [-0.39, 0.29) is 17.7 Å². The minimum Gasteiger partial charge on any atom is -0.462 e. The Morgan fingerprint density at radius 2 is 1.60 bits per heavy atom. The number of benzene rings is 1. The molecule has 0 fully saturated rings. The summed E-state index contributed by atoms with van der Waals surface area (Å²) in [5.74, 6) is -1.69. The van der Waals surface area contributed by atoms with E-state index in [0.29, 0.717) is 17.0 Å². The van der Waals surface area contributed by atoms with Crippen LogP contribution in [-0.4, -0.2) is 45.7 Å². The average Bonchev–Trinajstić information content (AvgIpc) is 3.28. The fourth-order valence-electron chi connectivity index (χ4n) is 3.25. The van der Waals surface area contributed by atoms with Crippen molar-refractivity contribution in [3.63, 3.8) is 0 Å². The zero-order valence-electron chi connectivity index (χ0n) is 17.3. The van der Waals surface area contributed by atoms with Crippen molar-refractivity contribution in [3.05, 3.63) is 70.3 Å². The van der Waals surface area contributed by atoms with Crippen LogP contribution in [0.3, 0.4) is 0 Å². The van der Waals surface area contributed by atoms with E-state index in [4.69, 9.17) is 9.47 Å². The Morgan fingerprint density at radius 1 is 0.933 bits per heavy atom. The SMILES string of the molecule is CCOC(=O)c1c(C)[nH]c(C)c1C(=O)COC(=O)c1ccc(-n2nccc2C)cc1. The molecule has 3 rings (SSSR count). The molecule has 2 heterocycles. The molecule has 0 bridgehead atoms. The van der Waals surface area contributed by atoms with Crippen LogP contribution in [0.15, 0.2) is 36.5 Å². The zero-order chi connectivity index (χ0) is 21.8. The van der Waals surface area contributed by atoms with E-state index >= 15 is 0 Å². The predicted molar refractivity (Wildman–Crippen MR) is 109 cm³/mol. The smallest absolute Gasteiger partial charge is 0.340 e. The van der Waals surface area contributed by atoms with Crippen LogP contribution in [0.25, 0.3) is 5.69 Å². The topological polar surface area (TPSA) is 103 Å². The highest BCUT2D eigenvalue weighted by Gasteiger charge is 2.26. The average molecular weight is 409 g/mol. The molecule has 0 radical (unpaired) electrons. The standard InChI is InChI=1S/C22H23N3O5/c1-5-29-22(28)20-15(4)24-14(3)19(20)18(26)12-30-21(27)16-6-8-17(9-7-16)25-13(2)10-11-23-25/h6-11,24H,5,12H2,1-4H3. The van der Waals surface area contributed by atoms with Gasteiger partial charge >= 0.3 is 11.9 Å². The number of esters is 2. The molecule has 0 spiro atoms. The fourth-order valence-corrected chi connectivity index (χ4v) is 3.25. The van der Waals surface area contributed by atoms with Crippen LogP contribution >= 0.6 is 0 Å². The number of Topliss-reactive ketones (excluding diaryl/α,β-unsaturated/α-hetero) is 1. The number of aryl methyl sites for hydroxylation is 3. The normalized spacial score (nSPS) is 10.7. The lowest BCUT2D eigenvalue weighted by Gasteiger charge is -2.08. The number of hydrogen-bond acceptors (Lipinski definition) is 6. The third-order valence-corrected chi connectivity index (χ3v) is 4.65. The molecule has 0 saturated carbocycles. The molecule has 0 saturated heterocycles. The summed E-state index contributed by atoms with van der Waals surface area (Å²) >= 11 is 0. The molecule has 0 amide bonds. The summed E-state index contributed by atoms with van der Waals surface area (Å²) in [5, 5.41) is 4.21. The van der Waals surface area contributed by atoms with Crippen LogP contribution in [0, 0.1) is 20.8 Å². The van der Waals surface area contributed by atoms with Gasteiger partial charge < -0.3 is 14.5 Å². The quantitative estimate of drug-likeness (QED) is 0.474. The highest BCUT2D eigenvalue weighted by Crippen LogP contribution is 2.21. The largest absolute Gasteiger partial charge is 0.462 e. The van der Waals surface area contributed by atoms with Gasteiger partial charge in [-0.25, -0.2) is 14.3 Å². The Bertz CT molecular complexity index is 1090. The monoisotopic (exact) mass is 409 g/mol. The number of hydrogen-bond donors (Lipinski definition) is 1. The second-order valence-electron chi connectivity index (χ2n) is 6.78. The fraction of sp³-hybridized carbons (Fsp3) is 0.273. The highest BCUT2D eigenvalue weighted by atomic mass is 16.5. The van der Waals surface area contributed by atoms with Gasteiger partial charge in [0.25, 0.3) is 0 Å². The Balaban J connectivity index is 1.70. The lowest BCUT2D eigenvalue weighted by atomic mass is 10.1. The molecular weight excluding hydrogens is 386 g/mol. The Kier molecular flexibility index (Phi) is 6.15. The number of aromatic amines is 1. The van der Waals surface area contributed by atoms with Crippen molar-refractivity contribution in [2.24, 2.45) is 0 Å². The van der Waals surface area contributed by atoms with E-state index in [1.807, 2.05) is 13.0 Å². The molecular formula is C22H23N3O5. The maximum Gasteiger partial charge on any atom is 0.340 e. The molecule has 1 N–H and O–H groups in total. The Morgan fingerprint density at radius 3 is 2.20 bits per heavy atom. The summed E-state index contributed by atoms with van der Waals surface area (Å²) in [4.78, 5) is 40.2. The van der Waals surface area contributed by atoms with E-state index < -0.39 is 24.3 Å².